The molecule has 3 nitrogen and oxygen atoms in total. The maximum Gasteiger partial charge on any atom is 0.240 e. The number of ether oxygens (including phenoxy) is 1. The third kappa shape index (κ3) is 2.58. The minimum Gasteiger partial charge on any atom is -0.383 e. The lowest BCUT2D eigenvalue weighted by molar-refractivity contribution is -0.132. The maximum atomic E-state index is 11.6. The van der Waals surface area contributed by atoms with Gasteiger partial charge in [0.1, 0.15) is 5.38 Å². The van der Waals surface area contributed by atoms with E-state index in [4.69, 9.17) is 16.3 Å². The third-order valence-corrected chi connectivity index (χ3v) is 2.55. The molecule has 0 aromatic carbocycles. The van der Waals surface area contributed by atoms with Gasteiger partial charge in [0, 0.05) is 13.7 Å². The second-order valence-electron chi connectivity index (χ2n) is 3.40. The van der Waals surface area contributed by atoms with Gasteiger partial charge in [0.05, 0.1) is 12.6 Å². The molecule has 0 saturated carbocycles. The quantitative estimate of drug-likeness (QED) is 0.650. The Balaban J connectivity index is 2.52. The number of carbonyl (C=O) groups is 1. The van der Waals surface area contributed by atoms with E-state index in [0.29, 0.717) is 6.61 Å². The molecule has 1 saturated heterocycles. The lowest BCUT2D eigenvalue weighted by Gasteiger charge is -2.25. The smallest absolute Gasteiger partial charge is 0.240 e. The van der Waals surface area contributed by atoms with E-state index in [1.807, 2.05) is 4.90 Å². The van der Waals surface area contributed by atoms with Crippen molar-refractivity contribution in [2.24, 2.45) is 0 Å². The summed E-state index contributed by atoms with van der Waals surface area (Å²) in [4.78, 5) is 13.4. The number of methoxy groups -OCH3 is 1. The van der Waals surface area contributed by atoms with Gasteiger partial charge in [-0.05, 0) is 19.8 Å². The van der Waals surface area contributed by atoms with Gasteiger partial charge in [0.25, 0.3) is 0 Å². The molecule has 1 aliphatic heterocycles. The molecule has 1 fully saturated rings. The van der Waals surface area contributed by atoms with E-state index in [0.717, 1.165) is 19.4 Å². The van der Waals surface area contributed by atoms with Gasteiger partial charge in [-0.15, -0.1) is 11.6 Å². The van der Waals surface area contributed by atoms with Gasteiger partial charge in [0.15, 0.2) is 0 Å². The van der Waals surface area contributed by atoms with Crippen LogP contribution in [-0.2, 0) is 9.53 Å². The highest BCUT2D eigenvalue weighted by Crippen LogP contribution is 2.19. The standard InChI is InChI=1S/C9H16ClNO2/c1-7(10)9(12)11-5-3-4-8(11)6-13-2/h7-8H,3-6H2,1-2H3/t7-,8-/m0/s1. The fourth-order valence-corrected chi connectivity index (χ4v) is 1.85. The number of halogens is 1. The van der Waals surface area contributed by atoms with Crippen molar-refractivity contribution < 1.29 is 9.53 Å². The number of nitrogens with zero attached hydrogens (tertiary/aromatic N) is 1. The molecule has 0 aliphatic carbocycles. The summed E-state index contributed by atoms with van der Waals surface area (Å²) in [6.45, 7) is 3.16. The number of carbonyl (C=O) groups excluding carboxylic acids is 1. The Morgan fingerprint density at radius 2 is 2.46 bits per heavy atom. The number of alkyl halides is 1. The Labute approximate surface area is 84.0 Å². The third-order valence-electron chi connectivity index (χ3n) is 2.36. The topological polar surface area (TPSA) is 29.5 Å². The van der Waals surface area contributed by atoms with Gasteiger partial charge < -0.3 is 9.64 Å². The Morgan fingerprint density at radius 3 is 3.00 bits per heavy atom. The van der Waals surface area contributed by atoms with Crippen molar-refractivity contribution in [1.82, 2.24) is 4.90 Å². The second kappa shape index (κ2) is 4.82. The highest BCUT2D eigenvalue weighted by Gasteiger charge is 2.30. The van der Waals surface area contributed by atoms with E-state index in [-0.39, 0.29) is 11.9 Å². The van der Waals surface area contributed by atoms with Crippen molar-refractivity contribution in [2.45, 2.75) is 31.2 Å². The fraction of sp³-hybridized carbons (Fsp3) is 0.889. The average molecular weight is 206 g/mol. The maximum absolute atomic E-state index is 11.6. The van der Waals surface area contributed by atoms with Crippen molar-refractivity contribution in [3.05, 3.63) is 0 Å². The molecule has 0 N–H and O–H groups in total. The Kier molecular flexibility index (Phi) is 4.00. The van der Waals surface area contributed by atoms with Gasteiger partial charge in [-0.2, -0.15) is 0 Å². The van der Waals surface area contributed by atoms with Crippen molar-refractivity contribution >= 4 is 17.5 Å². The Hall–Kier alpha value is -0.280. The summed E-state index contributed by atoms with van der Waals surface area (Å²) in [6, 6.07) is 0.235. The molecule has 0 bridgehead atoms. The lowest BCUT2D eigenvalue weighted by Crippen LogP contribution is -2.41. The van der Waals surface area contributed by atoms with Crippen molar-refractivity contribution in [3.63, 3.8) is 0 Å². The van der Waals surface area contributed by atoms with Crippen LogP contribution >= 0.6 is 11.6 Å². The predicted octanol–water partition coefficient (Wildman–Crippen LogP) is 1.25. The molecule has 1 amide bonds. The number of amides is 1. The van der Waals surface area contributed by atoms with Gasteiger partial charge in [-0.25, -0.2) is 0 Å². The molecule has 4 heteroatoms. The summed E-state index contributed by atoms with van der Waals surface area (Å²) in [6.07, 6.45) is 2.09. The molecule has 76 valence electrons. The van der Waals surface area contributed by atoms with Crippen molar-refractivity contribution in [1.29, 1.82) is 0 Å². The summed E-state index contributed by atoms with van der Waals surface area (Å²) >= 11 is 5.74. The lowest BCUT2D eigenvalue weighted by atomic mass is 10.2. The highest BCUT2D eigenvalue weighted by molar-refractivity contribution is 6.30. The van der Waals surface area contributed by atoms with Crippen LogP contribution in [0.25, 0.3) is 0 Å². The zero-order valence-corrected chi connectivity index (χ0v) is 8.88. The molecule has 0 aromatic rings. The molecular weight excluding hydrogens is 190 g/mol. The van der Waals surface area contributed by atoms with Crippen LogP contribution in [0.2, 0.25) is 0 Å². The Bertz CT molecular complexity index is 184. The number of likely N-dealkylation sites (tertiary alicyclic amines) is 1. The highest BCUT2D eigenvalue weighted by atomic mass is 35.5. The molecule has 0 radical (unpaired) electrons. The normalized spacial score (nSPS) is 24.8. The van der Waals surface area contributed by atoms with Crippen LogP contribution in [0.15, 0.2) is 0 Å². The zero-order chi connectivity index (χ0) is 9.84. The SMILES string of the molecule is COC[C@@H]1CCCN1C(=O)[C@H](C)Cl. The first-order valence-electron chi connectivity index (χ1n) is 4.60. The van der Waals surface area contributed by atoms with Gasteiger partial charge in [-0.1, -0.05) is 0 Å². The molecule has 13 heavy (non-hydrogen) atoms. The van der Waals surface area contributed by atoms with Crippen LogP contribution in [0, 0.1) is 0 Å². The summed E-state index contributed by atoms with van der Waals surface area (Å²) < 4.78 is 5.05. The van der Waals surface area contributed by atoms with E-state index in [1.165, 1.54) is 0 Å². The van der Waals surface area contributed by atoms with E-state index in [1.54, 1.807) is 14.0 Å². The van der Waals surface area contributed by atoms with E-state index < -0.39 is 5.38 Å². The monoisotopic (exact) mass is 205 g/mol. The molecule has 2 atom stereocenters. The molecule has 1 heterocycles. The van der Waals surface area contributed by atoms with Crippen molar-refractivity contribution in [3.8, 4) is 0 Å². The van der Waals surface area contributed by atoms with Crippen LogP contribution in [0.5, 0.6) is 0 Å². The van der Waals surface area contributed by atoms with Crippen LogP contribution in [0.1, 0.15) is 19.8 Å². The summed E-state index contributed by atoms with van der Waals surface area (Å²) in [5, 5.41) is -0.419. The minimum absolute atomic E-state index is 0.0289. The average Bonchev–Trinajstić information content (AvgIpc) is 2.52. The largest absolute Gasteiger partial charge is 0.383 e. The molecule has 1 rings (SSSR count). The predicted molar refractivity (Wildman–Crippen MR) is 51.9 cm³/mol. The molecule has 1 aliphatic rings. The molecular formula is C9H16ClNO2. The first-order chi connectivity index (χ1) is 6.16. The number of rotatable bonds is 3. The first-order valence-corrected chi connectivity index (χ1v) is 5.04. The van der Waals surface area contributed by atoms with Crippen LogP contribution in [0.4, 0.5) is 0 Å². The van der Waals surface area contributed by atoms with Gasteiger partial charge >= 0.3 is 0 Å². The number of hydrogen-bond donors (Lipinski definition) is 0. The summed E-state index contributed by atoms with van der Waals surface area (Å²) in [5.74, 6) is 0.0289. The van der Waals surface area contributed by atoms with Crippen LogP contribution in [-0.4, -0.2) is 42.5 Å². The van der Waals surface area contributed by atoms with E-state index >= 15 is 0 Å². The van der Waals surface area contributed by atoms with Crippen LogP contribution in [0.3, 0.4) is 0 Å². The second-order valence-corrected chi connectivity index (χ2v) is 4.05. The first kappa shape index (κ1) is 10.8. The fourth-order valence-electron chi connectivity index (χ4n) is 1.72. The zero-order valence-electron chi connectivity index (χ0n) is 8.12. The molecule has 0 aromatic heterocycles. The molecule has 0 spiro atoms. The summed E-state index contributed by atoms with van der Waals surface area (Å²) in [5.41, 5.74) is 0. The van der Waals surface area contributed by atoms with E-state index in [9.17, 15) is 4.79 Å². The van der Waals surface area contributed by atoms with Crippen molar-refractivity contribution in [2.75, 3.05) is 20.3 Å². The van der Waals surface area contributed by atoms with Gasteiger partial charge in [-0.3, -0.25) is 4.79 Å². The number of hydrogen-bond acceptors (Lipinski definition) is 2. The van der Waals surface area contributed by atoms with Gasteiger partial charge in [0.2, 0.25) is 5.91 Å². The summed E-state index contributed by atoms with van der Waals surface area (Å²) in [7, 11) is 1.66. The van der Waals surface area contributed by atoms with Crippen LogP contribution < -0.4 is 0 Å². The molecule has 0 unspecified atom stereocenters. The minimum atomic E-state index is -0.419. The Morgan fingerprint density at radius 1 is 1.77 bits per heavy atom. The van der Waals surface area contributed by atoms with E-state index in [2.05, 4.69) is 0 Å².